The maximum Gasteiger partial charge on any atom is 1.00 e. The second kappa shape index (κ2) is 19.2. The molecule has 3 aromatic rings. The van der Waals surface area contributed by atoms with E-state index in [4.69, 9.17) is 14.5 Å². The molecule has 2 aromatic carbocycles. The largest absolute Gasteiger partial charge is 1.00 e. The summed E-state index contributed by atoms with van der Waals surface area (Å²) in [5.74, 6) is -1.62. The van der Waals surface area contributed by atoms with Crippen molar-refractivity contribution in [2.45, 2.75) is 30.2 Å². The van der Waals surface area contributed by atoms with Crippen LogP contribution in [-0.2, 0) is 50.9 Å². The Morgan fingerprint density at radius 2 is 1.41 bits per heavy atom. The van der Waals surface area contributed by atoms with Gasteiger partial charge in [0.15, 0.2) is 5.71 Å². The number of H-pyrrole nitrogens is 1. The van der Waals surface area contributed by atoms with Crippen molar-refractivity contribution in [1.29, 1.82) is 0 Å². The molecule has 0 aliphatic carbocycles. The number of aromatic nitrogens is 2. The molecular formula is C29H26K2N4O12S2. The number of hydrogen-bond acceptors (Lipinski definition) is 13. The first-order valence-corrected chi connectivity index (χ1v) is 16.4. The Labute approximate surface area is 366 Å². The van der Waals surface area contributed by atoms with Crippen molar-refractivity contribution in [2.75, 3.05) is 18.2 Å². The summed E-state index contributed by atoms with van der Waals surface area (Å²) in [5, 5.41) is 7.75. The fraction of sp³-hybridized carbons (Fsp3) is 0.172. The summed E-state index contributed by atoms with van der Waals surface area (Å²) in [6.45, 7) is 3.34. The van der Waals surface area contributed by atoms with Crippen LogP contribution in [0.5, 0.6) is 0 Å². The van der Waals surface area contributed by atoms with Gasteiger partial charge in [0.25, 0.3) is 11.5 Å². The molecule has 4 rings (SSSR count). The average molecular weight is 765 g/mol. The number of carbonyl (C=O) groups excluding carboxylic acids is 2. The van der Waals surface area contributed by atoms with Crippen molar-refractivity contribution in [3.63, 3.8) is 0 Å². The van der Waals surface area contributed by atoms with E-state index in [2.05, 4.69) is 10.2 Å². The maximum atomic E-state index is 13.2. The van der Waals surface area contributed by atoms with Gasteiger partial charge in [-0.05, 0) is 74.5 Å². The number of benzene rings is 2. The molecule has 248 valence electrons. The second-order valence-electron chi connectivity index (χ2n) is 9.32. The Morgan fingerprint density at radius 1 is 0.837 bits per heavy atom. The fourth-order valence-corrected chi connectivity index (χ4v) is 5.06. The van der Waals surface area contributed by atoms with Gasteiger partial charge in [-0.1, -0.05) is 18.2 Å². The average Bonchev–Trinajstić information content (AvgIpc) is 3.52. The Kier molecular flexibility index (Phi) is 17.0. The summed E-state index contributed by atoms with van der Waals surface area (Å²) in [7, 11) is -9.41. The van der Waals surface area contributed by atoms with Gasteiger partial charge < -0.3 is 13.8 Å². The molecule has 0 atom stereocenters. The van der Waals surface area contributed by atoms with Gasteiger partial charge in [-0.15, -0.1) is 0 Å². The number of ether oxygens (including phenoxy) is 1. The predicted octanol–water partition coefficient (Wildman–Crippen LogP) is -4.09. The van der Waals surface area contributed by atoms with Crippen molar-refractivity contribution >= 4 is 49.6 Å². The third-order valence-corrected chi connectivity index (χ3v) is 7.96. The molecule has 2 heterocycles. The summed E-state index contributed by atoms with van der Waals surface area (Å²) in [4.78, 5) is 48.0. The van der Waals surface area contributed by atoms with E-state index in [0.717, 1.165) is 34.0 Å². The number of allylic oxidation sites excluding steroid dienone is 4. The van der Waals surface area contributed by atoms with Crippen LogP contribution in [0.25, 0.3) is 11.8 Å². The molecular weight excluding hydrogens is 739 g/mol. The maximum absolute atomic E-state index is 13.2. The standard InChI is InChI=1S/C29H28N4O12S2.2K/c1-3-43-29(36)26-24(28(35)33(31-26)20-12-16-22(17-13-20)47(40,41)42)9-7-5-6-8-23-25(18-45-44-4-2)30-32(27(23)34)19-10-14-21(15-11-19)46(37,38)39;;/h5-17,30H,3-4,18H2,1-2H3,(H,37,38,39)(H,40,41,42);;/q;2*+1/p-2/b7-5?,8-6?,24-9-;;. The minimum absolute atomic E-state index is 0. The van der Waals surface area contributed by atoms with Gasteiger partial charge in [-0.2, -0.15) is 10.1 Å². The first-order chi connectivity index (χ1) is 22.3. The minimum atomic E-state index is -4.72. The zero-order valence-electron chi connectivity index (χ0n) is 26.7. The molecule has 0 fully saturated rings. The summed E-state index contributed by atoms with van der Waals surface area (Å²) in [5.41, 5.74) is -0.248. The van der Waals surface area contributed by atoms with E-state index >= 15 is 0 Å². The molecule has 0 radical (unpaired) electrons. The quantitative estimate of drug-likeness (QED) is 0.0256. The predicted molar refractivity (Wildman–Crippen MR) is 163 cm³/mol. The molecule has 1 N–H and O–H groups in total. The number of esters is 1. The van der Waals surface area contributed by atoms with Crippen molar-refractivity contribution < 1.29 is 153 Å². The van der Waals surface area contributed by atoms with Crippen molar-refractivity contribution in [1.82, 2.24) is 9.78 Å². The monoisotopic (exact) mass is 764 g/mol. The van der Waals surface area contributed by atoms with Gasteiger partial charge >= 0.3 is 109 Å². The number of anilines is 1. The minimum Gasteiger partial charge on any atom is -0.744 e. The number of nitrogens with zero attached hydrogens (tertiary/aromatic N) is 3. The molecule has 1 aromatic heterocycles. The Balaban J connectivity index is 0.00000417. The van der Waals surface area contributed by atoms with Crippen LogP contribution in [0, 0.1) is 0 Å². The first-order valence-electron chi connectivity index (χ1n) is 13.6. The van der Waals surface area contributed by atoms with Gasteiger partial charge in [-0.25, -0.2) is 36.1 Å². The summed E-state index contributed by atoms with van der Waals surface area (Å²) in [6.07, 6.45) is 7.04. The number of amides is 1. The normalized spacial score (nSPS) is 14.3. The second-order valence-corrected chi connectivity index (χ2v) is 12.1. The molecule has 1 aliphatic rings. The van der Waals surface area contributed by atoms with E-state index in [-0.39, 0.29) is 151 Å². The van der Waals surface area contributed by atoms with E-state index in [0.29, 0.717) is 5.69 Å². The molecule has 0 bridgehead atoms. The van der Waals surface area contributed by atoms with Crippen LogP contribution in [0.1, 0.15) is 25.1 Å². The van der Waals surface area contributed by atoms with Crippen LogP contribution in [0.4, 0.5) is 5.69 Å². The van der Waals surface area contributed by atoms with Gasteiger partial charge in [0.05, 0.1) is 51.2 Å². The Morgan fingerprint density at radius 3 is 1.94 bits per heavy atom. The van der Waals surface area contributed by atoms with Crippen LogP contribution in [0.2, 0.25) is 0 Å². The molecule has 0 saturated carbocycles. The summed E-state index contributed by atoms with van der Waals surface area (Å²) >= 11 is 0. The fourth-order valence-electron chi connectivity index (χ4n) is 4.12. The summed E-state index contributed by atoms with van der Waals surface area (Å²) < 4.78 is 73.7. The first kappa shape index (κ1) is 43.5. The topological polar surface area (TPSA) is 230 Å². The van der Waals surface area contributed by atoms with Gasteiger partial charge in [-0.3, -0.25) is 14.7 Å². The van der Waals surface area contributed by atoms with Crippen LogP contribution < -0.4 is 113 Å². The van der Waals surface area contributed by atoms with Crippen LogP contribution in [0.15, 0.2) is 98.1 Å². The van der Waals surface area contributed by atoms with E-state index in [1.54, 1.807) is 13.8 Å². The number of rotatable bonds is 13. The number of carbonyl (C=O) groups is 2. The van der Waals surface area contributed by atoms with E-state index < -0.39 is 47.5 Å². The van der Waals surface area contributed by atoms with Crippen molar-refractivity contribution in [3.8, 4) is 5.69 Å². The van der Waals surface area contributed by atoms with Gasteiger partial charge in [0.1, 0.15) is 26.8 Å². The summed E-state index contributed by atoms with van der Waals surface area (Å²) in [6, 6.07) is 9.08. The Bertz CT molecular complexity index is 2070. The van der Waals surface area contributed by atoms with Gasteiger partial charge in [0.2, 0.25) is 0 Å². The number of aromatic amines is 1. The molecule has 20 heteroatoms. The smallest absolute Gasteiger partial charge is 0.744 e. The molecule has 1 amide bonds. The van der Waals surface area contributed by atoms with Gasteiger partial charge in [0, 0.05) is 0 Å². The van der Waals surface area contributed by atoms with Crippen LogP contribution >= 0.6 is 0 Å². The van der Waals surface area contributed by atoms with E-state index in [1.165, 1.54) is 54.6 Å². The van der Waals surface area contributed by atoms with E-state index in [1.807, 2.05) is 0 Å². The zero-order chi connectivity index (χ0) is 34.4. The molecule has 49 heavy (non-hydrogen) atoms. The Hall–Kier alpha value is -1.71. The molecule has 0 saturated heterocycles. The number of nitrogens with one attached hydrogen (secondary N) is 1. The molecule has 0 unspecified atom stereocenters. The number of hydrazone groups is 1. The SMILES string of the molecule is CCOOCc1[nH]n(-c2ccc(S(=O)(=O)[O-])cc2)c(=O)c1C=CC=C/C=C1\C(=O)N(c2ccc(S(=O)(=O)[O-])cc2)N=C1C(=O)OCC.[K+].[K+]. The molecule has 0 spiro atoms. The zero-order valence-corrected chi connectivity index (χ0v) is 34.6. The molecule has 1 aliphatic heterocycles. The third-order valence-electron chi connectivity index (χ3n) is 6.26. The van der Waals surface area contributed by atoms with Crippen molar-refractivity contribution in [2.24, 2.45) is 5.10 Å². The van der Waals surface area contributed by atoms with Crippen LogP contribution in [-0.4, -0.2) is 66.5 Å². The van der Waals surface area contributed by atoms with Crippen LogP contribution in [0.3, 0.4) is 0 Å². The van der Waals surface area contributed by atoms with Crippen molar-refractivity contribution in [3.05, 3.63) is 100 Å². The third kappa shape index (κ3) is 11.1. The molecule has 16 nitrogen and oxygen atoms in total. The van der Waals surface area contributed by atoms with E-state index in [9.17, 15) is 40.3 Å². The number of hydrogen-bond donors (Lipinski definition) is 1.